The molecule has 2 nitrogen and oxygen atoms in total. The van der Waals surface area contributed by atoms with Crippen LogP contribution in [0.5, 0.6) is 0 Å². The molecule has 84 valence electrons. The molecule has 0 aliphatic heterocycles. The van der Waals surface area contributed by atoms with Gasteiger partial charge in [-0.15, -0.1) is 11.3 Å². The van der Waals surface area contributed by atoms with Crippen molar-refractivity contribution in [3.05, 3.63) is 19.9 Å². The van der Waals surface area contributed by atoms with Gasteiger partial charge in [0.2, 0.25) is 0 Å². The molecule has 0 radical (unpaired) electrons. The Labute approximate surface area is 116 Å². The van der Waals surface area contributed by atoms with Crippen molar-refractivity contribution >= 4 is 55.8 Å². The number of rotatable bonds is 5. The highest BCUT2D eigenvalue weighted by atomic mass is 127. The number of hydrogen-bond acceptors (Lipinski definition) is 2. The SMILES string of the molecule is CC(CCCBr)NC(=O)c1csc(I)c1. The Morgan fingerprint density at radius 2 is 2.47 bits per heavy atom. The van der Waals surface area contributed by atoms with Crippen molar-refractivity contribution in [2.75, 3.05) is 5.33 Å². The van der Waals surface area contributed by atoms with Gasteiger partial charge in [-0.2, -0.15) is 0 Å². The first-order valence-corrected chi connectivity index (χ1v) is 7.82. The van der Waals surface area contributed by atoms with Crippen molar-refractivity contribution < 1.29 is 4.79 Å². The van der Waals surface area contributed by atoms with E-state index in [2.05, 4.69) is 43.8 Å². The summed E-state index contributed by atoms with van der Waals surface area (Å²) in [5.74, 6) is 0.0382. The predicted molar refractivity (Wildman–Crippen MR) is 77.0 cm³/mol. The fourth-order valence-corrected chi connectivity index (χ4v) is 2.84. The maximum Gasteiger partial charge on any atom is 0.252 e. The third-order valence-electron chi connectivity index (χ3n) is 1.98. The highest BCUT2D eigenvalue weighted by molar-refractivity contribution is 14.1. The molecule has 0 saturated heterocycles. The fraction of sp³-hybridized carbons (Fsp3) is 0.500. The number of nitrogens with one attached hydrogen (secondary N) is 1. The molecule has 1 unspecified atom stereocenters. The zero-order valence-corrected chi connectivity index (χ0v) is 13.0. The summed E-state index contributed by atoms with van der Waals surface area (Å²) in [4.78, 5) is 11.7. The summed E-state index contributed by atoms with van der Waals surface area (Å²) in [6.45, 7) is 2.04. The standard InChI is InChI=1S/C10H13BrINOS/c1-7(3-2-4-11)13-10(14)8-5-9(12)15-6-8/h5-7H,2-4H2,1H3,(H,13,14). The lowest BCUT2D eigenvalue weighted by Gasteiger charge is -2.12. The molecule has 1 heterocycles. The zero-order valence-electron chi connectivity index (χ0n) is 8.43. The number of hydrogen-bond donors (Lipinski definition) is 1. The Morgan fingerprint density at radius 3 is 3.00 bits per heavy atom. The summed E-state index contributed by atoms with van der Waals surface area (Å²) in [7, 11) is 0. The number of amides is 1. The third-order valence-corrected chi connectivity index (χ3v) is 4.33. The van der Waals surface area contributed by atoms with Gasteiger partial charge in [0, 0.05) is 16.8 Å². The third kappa shape index (κ3) is 4.82. The summed E-state index contributed by atoms with van der Waals surface area (Å²) in [6.07, 6.45) is 2.10. The van der Waals surface area contributed by atoms with Crippen LogP contribution in [0.15, 0.2) is 11.4 Å². The molecule has 0 bridgehead atoms. The van der Waals surface area contributed by atoms with Gasteiger partial charge in [-0.05, 0) is 48.4 Å². The van der Waals surface area contributed by atoms with Crippen LogP contribution in [0.3, 0.4) is 0 Å². The lowest BCUT2D eigenvalue weighted by Crippen LogP contribution is -2.32. The van der Waals surface area contributed by atoms with E-state index >= 15 is 0 Å². The summed E-state index contributed by atoms with van der Waals surface area (Å²) < 4.78 is 1.14. The molecule has 0 fully saturated rings. The Bertz CT molecular complexity index is 329. The summed E-state index contributed by atoms with van der Waals surface area (Å²) in [6, 6.07) is 2.16. The molecule has 5 heteroatoms. The van der Waals surface area contributed by atoms with Gasteiger partial charge in [0.25, 0.3) is 5.91 Å². The average molecular weight is 402 g/mol. The maximum absolute atomic E-state index is 11.7. The van der Waals surface area contributed by atoms with Crippen LogP contribution in [-0.4, -0.2) is 17.3 Å². The number of halogens is 2. The zero-order chi connectivity index (χ0) is 11.3. The van der Waals surface area contributed by atoms with E-state index in [9.17, 15) is 4.79 Å². The molecule has 1 aromatic heterocycles. The summed E-state index contributed by atoms with van der Waals surface area (Å²) >= 11 is 7.20. The molecule has 1 atom stereocenters. The molecule has 0 saturated carbocycles. The van der Waals surface area contributed by atoms with Crippen molar-refractivity contribution in [3.63, 3.8) is 0 Å². The van der Waals surface area contributed by atoms with Gasteiger partial charge in [-0.3, -0.25) is 4.79 Å². The maximum atomic E-state index is 11.7. The van der Waals surface area contributed by atoms with Crippen LogP contribution in [0.2, 0.25) is 0 Å². The predicted octanol–water partition coefficient (Wildman–Crippen LogP) is 3.65. The molecule has 0 aliphatic carbocycles. The monoisotopic (exact) mass is 401 g/mol. The molecule has 1 N–H and O–H groups in total. The van der Waals surface area contributed by atoms with E-state index in [0.717, 1.165) is 26.6 Å². The van der Waals surface area contributed by atoms with Gasteiger partial charge in [0.15, 0.2) is 0 Å². The van der Waals surface area contributed by atoms with E-state index < -0.39 is 0 Å². The minimum atomic E-state index is 0.0382. The van der Waals surface area contributed by atoms with Crippen LogP contribution in [0.25, 0.3) is 0 Å². The second kappa shape index (κ2) is 6.85. The van der Waals surface area contributed by atoms with Gasteiger partial charge in [-0.1, -0.05) is 15.9 Å². The Morgan fingerprint density at radius 1 is 1.73 bits per heavy atom. The van der Waals surface area contributed by atoms with Gasteiger partial charge < -0.3 is 5.32 Å². The van der Waals surface area contributed by atoms with E-state index in [0.29, 0.717) is 0 Å². The molecule has 0 spiro atoms. The van der Waals surface area contributed by atoms with Gasteiger partial charge in [0.1, 0.15) is 0 Å². The molecule has 1 amide bonds. The van der Waals surface area contributed by atoms with E-state index in [1.165, 1.54) is 0 Å². The average Bonchev–Trinajstić information content (AvgIpc) is 2.61. The summed E-state index contributed by atoms with van der Waals surface area (Å²) in [5.41, 5.74) is 0.773. The van der Waals surface area contributed by atoms with Crippen molar-refractivity contribution in [2.45, 2.75) is 25.8 Å². The number of alkyl halides is 1. The lowest BCUT2D eigenvalue weighted by molar-refractivity contribution is 0.0939. The van der Waals surface area contributed by atoms with E-state index in [4.69, 9.17) is 0 Å². The van der Waals surface area contributed by atoms with Crippen molar-refractivity contribution in [1.82, 2.24) is 5.32 Å². The van der Waals surface area contributed by atoms with Gasteiger partial charge >= 0.3 is 0 Å². The molecule has 15 heavy (non-hydrogen) atoms. The lowest BCUT2D eigenvalue weighted by atomic mass is 10.2. The van der Waals surface area contributed by atoms with Crippen molar-refractivity contribution in [3.8, 4) is 0 Å². The molecule has 0 aliphatic rings. The Hall–Kier alpha value is 0.380. The van der Waals surface area contributed by atoms with Crippen LogP contribution in [-0.2, 0) is 0 Å². The second-order valence-electron chi connectivity index (χ2n) is 3.35. The number of carbonyl (C=O) groups excluding carboxylic acids is 1. The molecule has 1 aromatic rings. The van der Waals surface area contributed by atoms with Gasteiger partial charge in [-0.25, -0.2) is 0 Å². The minimum absolute atomic E-state index is 0.0382. The van der Waals surface area contributed by atoms with E-state index in [1.807, 2.05) is 18.4 Å². The topological polar surface area (TPSA) is 29.1 Å². The fourth-order valence-electron chi connectivity index (χ4n) is 1.19. The molecular weight excluding hydrogens is 389 g/mol. The smallest absolute Gasteiger partial charge is 0.252 e. The van der Waals surface area contributed by atoms with E-state index in [-0.39, 0.29) is 11.9 Å². The van der Waals surface area contributed by atoms with Crippen LogP contribution in [0.4, 0.5) is 0 Å². The summed E-state index contributed by atoms with van der Waals surface area (Å²) in [5, 5.41) is 5.87. The van der Waals surface area contributed by atoms with Gasteiger partial charge in [0.05, 0.1) is 8.45 Å². The van der Waals surface area contributed by atoms with Crippen molar-refractivity contribution in [1.29, 1.82) is 0 Å². The number of carbonyl (C=O) groups is 1. The molecular formula is C10H13BrINOS. The molecule has 0 aromatic carbocycles. The second-order valence-corrected chi connectivity index (χ2v) is 6.94. The highest BCUT2D eigenvalue weighted by Gasteiger charge is 2.10. The first-order chi connectivity index (χ1) is 7.13. The van der Waals surface area contributed by atoms with Crippen LogP contribution in [0.1, 0.15) is 30.1 Å². The normalized spacial score (nSPS) is 12.5. The first-order valence-electron chi connectivity index (χ1n) is 4.74. The van der Waals surface area contributed by atoms with Crippen LogP contribution >= 0.6 is 49.9 Å². The Balaban J connectivity index is 2.42. The van der Waals surface area contributed by atoms with Crippen molar-refractivity contribution in [2.24, 2.45) is 0 Å². The highest BCUT2D eigenvalue weighted by Crippen LogP contribution is 2.16. The minimum Gasteiger partial charge on any atom is -0.350 e. The van der Waals surface area contributed by atoms with E-state index in [1.54, 1.807) is 11.3 Å². The quantitative estimate of drug-likeness (QED) is 0.592. The molecule has 1 rings (SSSR count). The van der Waals surface area contributed by atoms with Crippen LogP contribution in [0, 0.1) is 2.88 Å². The Kier molecular flexibility index (Phi) is 6.14. The first kappa shape index (κ1) is 13.4. The van der Waals surface area contributed by atoms with Crippen LogP contribution < -0.4 is 5.32 Å². The number of thiophene rings is 1. The largest absolute Gasteiger partial charge is 0.350 e.